The molecule has 2 heterocycles. The van der Waals surface area contributed by atoms with Crippen molar-refractivity contribution in [2.75, 3.05) is 13.2 Å². The SMILES string of the molecule is CCOC(=O)C1N(C(=O)OC(C)(C)C)CCC12CC2CCB1OC(C)(C)C(C)(C)O1. The number of hydrogen-bond donors (Lipinski definition) is 0. The number of nitrogens with zero attached hydrogens (tertiary/aromatic N) is 1. The van der Waals surface area contributed by atoms with E-state index in [4.69, 9.17) is 18.8 Å². The van der Waals surface area contributed by atoms with Gasteiger partial charge in [-0.15, -0.1) is 0 Å². The highest BCUT2D eigenvalue weighted by molar-refractivity contribution is 6.45. The number of amides is 1. The highest BCUT2D eigenvalue weighted by Crippen LogP contribution is 2.64. The van der Waals surface area contributed by atoms with Crippen LogP contribution in [0.4, 0.5) is 4.79 Å². The maximum Gasteiger partial charge on any atom is 0.457 e. The van der Waals surface area contributed by atoms with Crippen molar-refractivity contribution in [2.24, 2.45) is 11.3 Å². The molecule has 170 valence electrons. The zero-order valence-electron chi connectivity index (χ0n) is 19.9. The molecule has 0 N–H and O–H groups in total. The molecule has 3 unspecified atom stereocenters. The Morgan fingerprint density at radius 1 is 1.13 bits per heavy atom. The molecule has 0 aromatic carbocycles. The Morgan fingerprint density at radius 2 is 1.73 bits per heavy atom. The summed E-state index contributed by atoms with van der Waals surface area (Å²) in [6, 6.07) is -0.574. The number of ether oxygens (including phenoxy) is 2. The van der Waals surface area contributed by atoms with Gasteiger partial charge in [0.1, 0.15) is 11.6 Å². The second kappa shape index (κ2) is 7.70. The van der Waals surface area contributed by atoms with Crippen LogP contribution in [-0.2, 0) is 23.6 Å². The first kappa shape index (κ1) is 23.4. The molecular formula is C22H38BNO6. The fourth-order valence-corrected chi connectivity index (χ4v) is 4.86. The molecule has 0 aromatic heterocycles. The second-order valence-electron chi connectivity index (χ2n) is 11.0. The van der Waals surface area contributed by atoms with Gasteiger partial charge in [0.25, 0.3) is 0 Å². The van der Waals surface area contributed by atoms with E-state index in [2.05, 4.69) is 27.7 Å². The fraction of sp³-hybridized carbons (Fsp3) is 0.909. The topological polar surface area (TPSA) is 74.3 Å². The van der Waals surface area contributed by atoms with E-state index in [9.17, 15) is 9.59 Å². The van der Waals surface area contributed by atoms with Crippen LogP contribution >= 0.6 is 0 Å². The van der Waals surface area contributed by atoms with Crippen LogP contribution in [-0.4, -0.2) is 60.1 Å². The molecule has 3 fully saturated rings. The highest BCUT2D eigenvalue weighted by atomic mass is 16.7. The molecule has 1 saturated carbocycles. The summed E-state index contributed by atoms with van der Waals surface area (Å²) in [5.74, 6) is 0.0253. The van der Waals surface area contributed by atoms with Gasteiger partial charge in [0.15, 0.2) is 0 Å². The minimum Gasteiger partial charge on any atom is -0.464 e. The van der Waals surface area contributed by atoms with Crippen molar-refractivity contribution >= 4 is 19.2 Å². The van der Waals surface area contributed by atoms with Gasteiger partial charge >= 0.3 is 19.2 Å². The van der Waals surface area contributed by atoms with Crippen LogP contribution < -0.4 is 0 Å². The summed E-state index contributed by atoms with van der Waals surface area (Å²) in [7, 11) is -0.239. The lowest BCUT2D eigenvalue weighted by atomic mass is 9.80. The summed E-state index contributed by atoms with van der Waals surface area (Å²) in [5.41, 5.74) is -1.50. The second-order valence-corrected chi connectivity index (χ2v) is 11.0. The van der Waals surface area contributed by atoms with Crippen molar-refractivity contribution in [3.8, 4) is 0 Å². The van der Waals surface area contributed by atoms with Crippen molar-refractivity contribution in [1.82, 2.24) is 4.90 Å². The highest BCUT2D eigenvalue weighted by Gasteiger charge is 2.67. The van der Waals surface area contributed by atoms with E-state index in [-0.39, 0.29) is 29.7 Å². The third-order valence-corrected chi connectivity index (χ3v) is 7.14. The standard InChI is InChI=1S/C22H38BNO6/c1-9-27-17(25)16-22(11-13-24(16)18(26)28-19(2,3)4)14-15(22)10-12-23-29-20(5,6)21(7,8)30-23/h15-16H,9-14H2,1-8H3. The van der Waals surface area contributed by atoms with Gasteiger partial charge in [-0.1, -0.05) is 6.42 Å². The first-order valence-corrected chi connectivity index (χ1v) is 11.2. The van der Waals surface area contributed by atoms with Gasteiger partial charge in [-0.25, -0.2) is 9.59 Å². The molecule has 3 aliphatic rings. The summed E-state index contributed by atoms with van der Waals surface area (Å²) in [5, 5.41) is 0. The van der Waals surface area contributed by atoms with Gasteiger partial charge in [0, 0.05) is 12.0 Å². The van der Waals surface area contributed by atoms with Crippen molar-refractivity contribution < 1.29 is 28.4 Å². The van der Waals surface area contributed by atoms with E-state index in [0.29, 0.717) is 19.1 Å². The van der Waals surface area contributed by atoms with Crippen LogP contribution in [0.2, 0.25) is 6.32 Å². The number of carbonyl (C=O) groups is 2. The minimum atomic E-state index is -0.605. The van der Waals surface area contributed by atoms with Crippen molar-refractivity contribution in [2.45, 2.75) is 104 Å². The lowest BCUT2D eigenvalue weighted by molar-refractivity contribution is -0.150. The first-order chi connectivity index (χ1) is 13.7. The summed E-state index contributed by atoms with van der Waals surface area (Å²) < 4.78 is 23.2. The molecule has 2 saturated heterocycles. The third-order valence-electron chi connectivity index (χ3n) is 7.14. The monoisotopic (exact) mass is 423 g/mol. The number of hydrogen-bond acceptors (Lipinski definition) is 6. The molecule has 1 spiro atoms. The largest absolute Gasteiger partial charge is 0.464 e. The van der Waals surface area contributed by atoms with Crippen molar-refractivity contribution in [1.29, 1.82) is 0 Å². The average Bonchev–Trinajstić information content (AvgIpc) is 3.03. The number of rotatable bonds is 5. The van der Waals surface area contributed by atoms with Gasteiger partial charge in [-0.3, -0.25) is 4.90 Å². The van der Waals surface area contributed by atoms with Gasteiger partial charge in [-0.2, -0.15) is 0 Å². The molecule has 8 heteroatoms. The number of esters is 1. The van der Waals surface area contributed by atoms with Gasteiger partial charge in [0.05, 0.1) is 17.8 Å². The van der Waals surface area contributed by atoms with Crippen LogP contribution in [0.25, 0.3) is 0 Å². The molecule has 30 heavy (non-hydrogen) atoms. The summed E-state index contributed by atoms with van der Waals surface area (Å²) in [6.45, 7) is 16.3. The van der Waals surface area contributed by atoms with E-state index in [0.717, 1.165) is 25.6 Å². The first-order valence-electron chi connectivity index (χ1n) is 11.2. The lowest BCUT2D eigenvalue weighted by Gasteiger charge is -2.32. The van der Waals surface area contributed by atoms with Crippen LogP contribution in [0.15, 0.2) is 0 Å². The maximum atomic E-state index is 12.8. The molecule has 1 aliphatic carbocycles. The Balaban J connectivity index is 1.66. The molecule has 1 amide bonds. The molecule has 3 atom stereocenters. The van der Waals surface area contributed by atoms with Crippen LogP contribution in [0, 0.1) is 11.3 Å². The Hall–Kier alpha value is -1.28. The molecule has 0 aromatic rings. The minimum absolute atomic E-state index is 0.215. The fourth-order valence-electron chi connectivity index (χ4n) is 4.86. The Labute approximate surface area is 181 Å². The van der Waals surface area contributed by atoms with E-state index < -0.39 is 17.7 Å². The maximum absolute atomic E-state index is 12.8. The number of carbonyl (C=O) groups excluding carboxylic acids is 2. The average molecular weight is 423 g/mol. The lowest BCUT2D eigenvalue weighted by Crippen LogP contribution is -2.47. The van der Waals surface area contributed by atoms with Gasteiger partial charge in [-0.05, 0) is 80.5 Å². The van der Waals surface area contributed by atoms with E-state index in [1.807, 2.05) is 20.8 Å². The van der Waals surface area contributed by atoms with Crippen molar-refractivity contribution in [3.05, 3.63) is 0 Å². The molecular weight excluding hydrogens is 385 g/mol. The molecule has 0 radical (unpaired) electrons. The molecule has 2 aliphatic heterocycles. The van der Waals surface area contributed by atoms with Crippen molar-refractivity contribution in [3.63, 3.8) is 0 Å². The van der Waals surface area contributed by atoms with Crippen LogP contribution in [0.1, 0.15) is 74.7 Å². The Bertz CT molecular complexity index is 672. The smallest absolute Gasteiger partial charge is 0.457 e. The van der Waals surface area contributed by atoms with E-state index in [1.54, 1.807) is 11.8 Å². The Morgan fingerprint density at radius 3 is 2.27 bits per heavy atom. The predicted molar refractivity (Wildman–Crippen MR) is 114 cm³/mol. The normalized spacial score (nSPS) is 31.9. The van der Waals surface area contributed by atoms with E-state index >= 15 is 0 Å². The summed E-state index contributed by atoms with van der Waals surface area (Å²) in [6.07, 6.45) is 2.95. The third kappa shape index (κ3) is 4.36. The van der Waals surface area contributed by atoms with Gasteiger partial charge in [0.2, 0.25) is 0 Å². The quantitative estimate of drug-likeness (QED) is 0.491. The summed E-state index contributed by atoms with van der Waals surface area (Å²) in [4.78, 5) is 27.2. The predicted octanol–water partition coefficient (Wildman–Crippen LogP) is 4.05. The zero-order valence-corrected chi connectivity index (χ0v) is 19.9. The number of likely N-dealkylation sites (tertiary alicyclic amines) is 1. The van der Waals surface area contributed by atoms with Crippen LogP contribution in [0.5, 0.6) is 0 Å². The van der Waals surface area contributed by atoms with Gasteiger partial charge < -0.3 is 18.8 Å². The molecule has 7 nitrogen and oxygen atoms in total. The van der Waals surface area contributed by atoms with Crippen LogP contribution in [0.3, 0.4) is 0 Å². The molecule has 0 bridgehead atoms. The molecule has 3 rings (SSSR count). The zero-order chi connectivity index (χ0) is 22.5. The Kier molecular flexibility index (Phi) is 6.00. The summed E-state index contributed by atoms with van der Waals surface area (Å²) >= 11 is 0. The van der Waals surface area contributed by atoms with E-state index in [1.165, 1.54) is 0 Å².